The Hall–Kier alpha value is -1.89. The van der Waals surface area contributed by atoms with Crippen molar-refractivity contribution in [1.29, 1.82) is 0 Å². The number of amides is 1. The van der Waals surface area contributed by atoms with Crippen molar-refractivity contribution >= 4 is 21.7 Å². The van der Waals surface area contributed by atoms with Crippen LogP contribution >= 0.6 is 0 Å². The van der Waals surface area contributed by atoms with Crippen LogP contribution in [0, 0.1) is 0 Å². The van der Waals surface area contributed by atoms with Gasteiger partial charge in [0.1, 0.15) is 5.75 Å². The summed E-state index contributed by atoms with van der Waals surface area (Å²) >= 11 is 0. The number of hydrogen-bond donors (Lipinski definition) is 1. The topological polar surface area (TPSA) is 91.8 Å². The molecule has 108 valence electrons. The number of carboxylic acids is 1. The predicted octanol–water partition coefficient (Wildman–Crippen LogP) is 0.779. The summed E-state index contributed by atoms with van der Waals surface area (Å²) in [6.45, 7) is 0. The maximum atomic E-state index is 12.1. The van der Waals surface area contributed by atoms with E-state index in [1.807, 2.05) is 0 Å². The Bertz CT molecular complexity index is 631. The minimum Gasteiger partial charge on any atom is -0.478 e. The second-order valence-corrected chi connectivity index (χ2v) is 6.81. The van der Waals surface area contributed by atoms with Gasteiger partial charge in [0.15, 0.2) is 9.84 Å². The molecule has 1 aromatic rings. The van der Waals surface area contributed by atoms with Gasteiger partial charge in [-0.3, -0.25) is 4.79 Å². The van der Waals surface area contributed by atoms with Gasteiger partial charge in [0.25, 0.3) is 0 Å². The second-order valence-electron chi connectivity index (χ2n) is 4.82. The van der Waals surface area contributed by atoms with Gasteiger partial charge in [-0.25, -0.2) is 13.2 Å². The number of rotatable bonds is 5. The van der Waals surface area contributed by atoms with Gasteiger partial charge in [0.2, 0.25) is 5.91 Å². The third kappa shape index (κ3) is 3.16. The van der Waals surface area contributed by atoms with Gasteiger partial charge in [-0.1, -0.05) is 0 Å². The molecule has 0 aromatic heterocycles. The summed E-state index contributed by atoms with van der Waals surface area (Å²) in [5, 5.41) is 8.75. The smallest absolute Gasteiger partial charge is 0.335 e. The van der Waals surface area contributed by atoms with Crippen molar-refractivity contribution in [3.05, 3.63) is 29.8 Å². The van der Waals surface area contributed by atoms with Crippen LogP contribution in [0.4, 0.5) is 0 Å². The number of carboxylic acid groups (broad SMARTS) is 1. The fraction of sp³-hybridized carbons (Fsp3) is 0.385. The van der Waals surface area contributed by atoms with Crippen molar-refractivity contribution in [2.24, 2.45) is 0 Å². The Labute approximate surface area is 116 Å². The lowest BCUT2D eigenvalue weighted by molar-refractivity contribution is -0.127. The molecular weight excluding hydrogens is 282 g/mol. The molecule has 1 fully saturated rings. The van der Waals surface area contributed by atoms with Crippen LogP contribution in [0.15, 0.2) is 29.2 Å². The van der Waals surface area contributed by atoms with E-state index in [4.69, 9.17) is 5.11 Å². The molecule has 1 saturated carbocycles. The van der Waals surface area contributed by atoms with E-state index in [2.05, 4.69) is 0 Å². The molecule has 1 amide bonds. The Morgan fingerprint density at radius 1 is 1.25 bits per heavy atom. The molecule has 6 nitrogen and oxygen atoms in total. The molecule has 0 unspecified atom stereocenters. The molecule has 2 rings (SSSR count). The van der Waals surface area contributed by atoms with Gasteiger partial charge in [-0.2, -0.15) is 0 Å². The molecule has 1 aliphatic rings. The Kier molecular flexibility index (Phi) is 3.80. The zero-order valence-corrected chi connectivity index (χ0v) is 11.8. The summed E-state index contributed by atoms with van der Waals surface area (Å²) in [6, 6.07) is 5.01. The van der Waals surface area contributed by atoms with Crippen molar-refractivity contribution in [3.63, 3.8) is 0 Å². The number of hydrogen-bond acceptors (Lipinski definition) is 4. The normalized spacial score (nSPS) is 14.8. The van der Waals surface area contributed by atoms with E-state index >= 15 is 0 Å². The summed E-state index contributed by atoms with van der Waals surface area (Å²) in [5.74, 6) is -2.15. The Morgan fingerprint density at radius 3 is 2.25 bits per heavy atom. The molecular formula is C13H15NO5S. The lowest BCUT2D eigenvalue weighted by atomic mass is 10.2. The van der Waals surface area contributed by atoms with Crippen LogP contribution in [-0.4, -0.2) is 49.1 Å². The van der Waals surface area contributed by atoms with Crippen LogP contribution in [0.25, 0.3) is 0 Å². The standard InChI is InChI=1S/C13H15NO5S/c1-14(10-4-5-10)12(15)8-20(18,19)11-6-2-9(3-7-11)13(16)17/h2-3,6-7,10H,4-5,8H2,1H3,(H,16,17). The van der Waals surface area contributed by atoms with E-state index in [1.165, 1.54) is 29.2 Å². The third-order valence-electron chi connectivity index (χ3n) is 3.26. The number of nitrogens with zero attached hydrogens (tertiary/aromatic N) is 1. The highest BCUT2D eigenvalue weighted by atomic mass is 32.2. The van der Waals surface area contributed by atoms with Gasteiger partial charge in [-0.05, 0) is 37.1 Å². The average molecular weight is 297 g/mol. The zero-order chi connectivity index (χ0) is 14.9. The number of sulfone groups is 1. The largest absolute Gasteiger partial charge is 0.478 e. The molecule has 0 aliphatic heterocycles. The van der Waals surface area contributed by atoms with E-state index in [1.54, 1.807) is 7.05 Å². The second kappa shape index (κ2) is 5.24. The quantitative estimate of drug-likeness (QED) is 0.867. The first kappa shape index (κ1) is 14.5. The summed E-state index contributed by atoms with van der Waals surface area (Å²) in [4.78, 5) is 24.0. The van der Waals surface area contributed by atoms with E-state index in [0.29, 0.717) is 0 Å². The van der Waals surface area contributed by atoms with E-state index in [-0.39, 0.29) is 16.5 Å². The van der Waals surface area contributed by atoms with Crippen molar-refractivity contribution < 1.29 is 23.1 Å². The van der Waals surface area contributed by atoms with E-state index in [9.17, 15) is 18.0 Å². The Morgan fingerprint density at radius 2 is 1.80 bits per heavy atom. The highest BCUT2D eigenvalue weighted by Gasteiger charge is 2.32. The summed E-state index contributed by atoms with van der Waals surface area (Å²) in [7, 11) is -2.14. The summed E-state index contributed by atoms with van der Waals surface area (Å²) < 4.78 is 24.2. The Balaban J connectivity index is 2.13. The molecule has 0 radical (unpaired) electrons. The molecule has 1 aliphatic carbocycles. The van der Waals surface area contributed by atoms with Gasteiger partial charge in [-0.15, -0.1) is 0 Å². The monoisotopic (exact) mass is 297 g/mol. The van der Waals surface area contributed by atoms with Crippen LogP contribution in [0.1, 0.15) is 23.2 Å². The third-order valence-corrected chi connectivity index (χ3v) is 4.88. The average Bonchev–Trinajstić information content (AvgIpc) is 3.21. The maximum Gasteiger partial charge on any atom is 0.335 e. The molecule has 0 saturated heterocycles. The first-order chi connectivity index (χ1) is 9.31. The molecule has 7 heteroatoms. The molecule has 1 aromatic carbocycles. The van der Waals surface area contributed by atoms with Crippen LogP contribution in [0.3, 0.4) is 0 Å². The number of carbonyl (C=O) groups excluding carboxylic acids is 1. The van der Waals surface area contributed by atoms with Gasteiger partial charge in [0, 0.05) is 13.1 Å². The molecule has 0 heterocycles. The van der Waals surface area contributed by atoms with E-state index in [0.717, 1.165) is 12.8 Å². The van der Waals surface area contributed by atoms with Crippen molar-refractivity contribution in [3.8, 4) is 0 Å². The highest BCUT2D eigenvalue weighted by Crippen LogP contribution is 2.26. The van der Waals surface area contributed by atoms with Crippen LogP contribution in [0.5, 0.6) is 0 Å². The SMILES string of the molecule is CN(C(=O)CS(=O)(=O)c1ccc(C(=O)O)cc1)C1CC1. The minimum atomic E-state index is -3.74. The maximum absolute atomic E-state index is 12.1. The van der Waals surface area contributed by atoms with Gasteiger partial charge >= 0.3 is 5.97 Å². The van der Waals surface area contributed by atoms with Crippen molar-refractivity contribution in [1.82, 2.24) is 4.90 Å². The molecule has 0 atom stereocenters. The van der Waals surface area contributed by atoms with Crippen molar-refractivity contribution in [2.45, 2.75) is 23.8 Å². The van der Waals surface area contributed by atoms with Crippen LogP contribution in [-0.2, 0) is 14.6 Å². The molecule has 0 spiro atoms. The fourth-order valence-corrected chi connectivity index (χ4v) is 3.06. The lowest BCUT2D eigenvalue weighted by Gasteiger charge is -2.16. The predicted molar refractivity (Wildman–Crippen MR) is 71.2 cm³/mol. The highest BCUT2D eigenvalue weighted by molar-refractivity contribution is 7.92. The number of carbonyl (C=O) groups is 2. The fourth-order valence-electron chi connectivity index (χ4n) is 1.82. The van der Waals surface area contributed by atoms with E-state index < -0.39 is 27.5 Å². The molecule has 0 bridgehead atoms. The summed E-state index contributed by atoms with van der Waals surface area (Å²) in [5.41, 5.74) is 0.00498. The first-order valence-corrected chi connectivity index (χ1v) is 7.78. The molecule has 20 heavy (non-hydrogen) atoms. The van der Waals surface area contributed by atoms with Crippen molar-refractivity contribution in [2.75, 3.05) is 12.8 Å². The van der Waals surface area contributed by atoms with Crippen LogP contribution in [0.2, 0.25) is 0 Å². The number of benzene rings is 1. The lowest BCUT2D eigenvalue weighted by Crippen LogP contribution is -2.34. The van der Waals surface area contributed by atoms with Crippen LogP contribution < -0.4 is 0 Å². The number of aromatic carboxylic acids is 1. The minimum absolute atomic E-state index is 0.00498. The molecule has 1 N–H and O–H groups in total. The first-order valence-electron chi connectivity index (χ1n) is 6.13. The van der Waals surface area contributed by atoms with Gasteiger partial charge < -0.3 is 10.0 Å². The van der Waals surface area contributed by atoms with Gasteiger partial charge in [0.05, 0.1) is 10.5 Å². The zero-order valence-electron chi connectivity index (χ0n) is 10.9. The summed E-state index contributed by atoms with van der Waals surface area (Å²) in [6.07, 6.45) is 1.82.